The summed E-state index contributed by atoms with van der Waals surface area (Å²) in [5.41, 5.74) is 4.82. The highest BCUT2D eigenvalue weighted by atomic mass is 32.2. The minimum absolute atomic E-state index is 0.487. The van der Waals surface area contributed by atoms with Crippen molar-refractivity contribution in [2.24, 2.45) is 11.7 Å². The number of carbonyl (C=O) groups is 2. The van der Waals surface area contributed by atoms with Crippen molar-refractivity contribution in [3.05, 3.63) is 25.0 Å². The molecule has 7 nitrogen and oxygen atoms in total. The van der Waals surface area contributed by atoms with Gasteiger partial charge in [0.2, 0.25) is 5.91 Å². The van der Waals surface area contributed by atoms with Gasteiger partial charge in [0.1, 0.15) is 0 Å². The topological polar surface area (TPSA) is 116 Å². The summed E-state index contributed by atoms with van der Waals surface area (Å²) in [4.78, 5) is 21.8. The van der Waals surface area contributed by atoms with Crippen molar-refractivity contribution < 1.29 is 22.2 Å². The van der Waals surface area contributed by atoms with Gasteiger partial charge in [0.05, 0.1) is 0 Å². The van der Waals surface area contributed by atoms with Crippen LogP contribution in [0, 0.1) is 5.92 Å². The maximum absolute atomic E-state index is 11.8. The summed E-state index contributed by atoms with van der Waals surface area (Å²) in [6, 6.07) is 0. The largest absolute Gasteiger partial charge is 0.376 e. The Morgan fingerprint density at radius 1 is 1.39 bits per heavy atom. The Morgan fingerprint density at radius 2 is 1.89 bits per heavy atom. The van der Waals surface area contributed by atoms with Crippen molar-refractivity contribution in [1.29, 1.82) is 0 Å². The van der Waals surface area contributed by atoms with E-state index >= 15 is 0 Å². The van der Waals surface area contributed by atoms with Gasteiger partial charge in [0.25, 0.3) is 5.91 Å². The molecule has 0 fully saturated rings. The normalized spacial score (nSPS) is 12.6. The van der Waals surface area contributed by atoms with Crippen LogP contribution in [0.25, 0.3) is 0 Å². The molecule has 0 saturated heterocycles. The zero-order valence-corrected chi connectivity index (χ0v) is 11.0. The predicted molar refractivity (Wildman–Crippen MR) is 65.3 cm³/mol. The number of nitrogens with one attached hydrogen (secondary N) is 1. The Morgan fingerprint density at radius 3 is 2.22 bits per heavy atom. The molecule has 102 valence electrons. The van der Waals surface area contributed by atoms with E-state index in [1.165, 1.54) is 0 Å². The molecule has 0 bridgehead atoms. The number of hydrogen-bond acceptors (Lipinski definition) is 5. The monoisotopic (exact) mass is 276 g/mol. The zero-order valence-electron chi connectivity index (χ0n) is 10.2. The molecule has 0 aromatic carbocycles. The molecule has 0 aromatic rings. The van der Waals surface area contributed by atoms with Gasteiger partial charge in [-0.1, -0.05) is 20.4 Å². The minimum atomic E-state index is -4.25. The molecule has 0 aliphatic rings. The van der Waals surface area contributed by atoms with Crippen LogP contribution < -0.4 is 11.1 Å². The maximum Gasteiger partial charge on any atom is 0.331 e. The molecule has 1 unspecified atom stereocenters. The fourth-order valence-corrected chi connectivity index (χ4v) is 2.40. The van der Waals surface area contributed by atoms with Gasteiger partial charge in [0.15, 0.2) is 11.1 Å². The van der Waals surface area contributed by atoms with E-state index in [0.717, 1.165) is 6.08 Å². The van der Waals surface area contributed by atoms with Gasteiger partial charge in [-0.2, -0.15) is 8.42 Å². The molecule has 0 saturated carbocycles. The fraction of sp³-hybridized carbons (Fsp3) is 0.400. The van der Waals surface area contributed by atoms with E-state index in [0.29, 0.717) is 0 Å². The van der Waals surface area contributed by atoms with Crippen LogP contribution in [0.1, 0.15) is 13.8 Å². The first kappa shape index (κ1) is 16.2. The quantitative estimate of drug-likeness (QED) is 0.373. The highest BCUT2D eigenvalue weighted by Gasteiger charge is 2.32. The third-order valence-electron chi connectivity index (χ3n) is 1.88. The Kier molecular flexibility index (Phi) is 5.57. The SMILES string of the molecule is C=CC(=O)NC(C(C)C)S(=O)(=O)OC(=C)C(N)=O. The van der Waals surface area contributed by atoms with Crippen LogP contribution in [0.3, 0.4) is 0 Å². The Balaban J connectivity index is 5.11. The van der Waals surface area contributed by atoms with E-state index in [1.54, 1.807) is 13.8 Å². The van der Waals surface area contributed by atoms with E-state index in [1.807, 2.05) is 0 Å². The van der Waals surface area contributed by atoms with Crippen LogP contribution in [0.2, 0.25) is 0 Å². The number of hydrogen-bond donors (Lipinski definition) is 2. The van der Waals surface area contributed by atoms with Crippen molar-refractivity contribution in [3.63, 3.8) is 0 Å². The van der Waals surface area contributed by atoms with Crippen LogP contribution in [0.15, 0.2) is 25.0 Å². The lowest BCUT2D eigenvalue weighted by molar-refractivity contribution is -0.117. The van der Waals surface area contributed by atoms with Crippen molar-refractivity contribution in [1.82, 2.24) is 5.32 Å². The molecule has 0 radical (unpaired) electrons. The lowest BCUT2D eigenvalue weighted by Gasteiger charge is -2.21. The lowest BCUT2D eigenvalue weighted by Crippen LogP contribution is -2.44. The summed E-state index contributed by atoms with van der Waals surface area (Å²) >= 11 is 0. The highest BCUT2D eigenvalue weighted by molar-refractivity contribution is 7.87. The summed E-state index contributed by atoms with van der Waals surface area (Å²) in [5.74, 6) is -2.98. The Hall–Kier alpha value is -1.83. The van der Waals surface area contributed by atoms with E-state index in [4.69, 9.17) is 5.73 Å². The van der Waals surface area contributed by atoms with E-state index in [9.17, 15) is 18.0 Å². The van der Waals surface area contributed by atoms with Gasteiger partial charge in [-0.25, -0.2) is 0 Å². The zero-order chi connectivity index (χ0) is 14.5. The molecule has 0 rings (SSSR count). The summed E-state index contributed by atoms with van der Waals surface area (Å²) < 4.78 is 28.0. The third kappa shape index (κ3) is 4.58. The maximum atomic E-state index is 11.8. The Bertz CT molecular complexity index is 467. The summed E-state index contributed by atoms with van der Waals surface area (Å²) in [7, 11) is -4.25. The number of amides is 2. The molecule has 8 heteroatoms. The van der Waals surface area contributed by atoms with Gasteiger partial charge in [-0.05, 0) is 18.6 Å². The second-order valence-corrected chi connectivity index (χ2v) is 5.40. The van der Waals surface area contributed by atoms with Crippen molar-refractivity contribution in [2.45, 2.75) is 19.2 Å². The average molecular weight is 276 g/mol. The number of carbonyl (C=O) groups excluding carboxylic acids is 2. The van der Waals surface area contributed by atoms with Gasteiger partial charge >= 0.3 is 10.1 Å². The van der Waals surface area contributed by atoms with Crippen molar-refractivity contribution in [3.8, 4) is 0 Å². The smallest absolute Gasteiger partial charge is 0.331 e. The van der Waals surface area contributed by atoms with Crippen molar-refractivity contribution >= 4 is 21.9 Å². The summed E-state index contributed by atoms with van der Waals surface area (Å²) in [6.07, 6.45) is 0.924. The molecular weight excluding hydrogens is 260 g/mol. The Labute approximate surface area is 106 Å². The van der Waals surface area contributed by atoms with Crippen LogP contribution in [-0.2, 0) is 23.9 Å². The van der Waals surface area contributed by atoms with Crippen LogP contribution in [0.5, 0.6) is 0 Å². The number of primary amides is 1. The van der Waals surface area contributed by atoms with Gasteiger partial charge in [-0.3, -0.25) is 9.59 Å². The van der Waals surface area contributed by atoms with Crippen molar-refractivity contribution in [2.75, 3.05) is 0 Å². The first-order valence-corrected chi connectivity index (χ1v) is 6.44. The lowest BCUT2D eigenvalue weighted by atomic mass is 10.2. The second-order valence-electron chi connectivity index (χ2n) is 3.74. The number of rotatable bonds is 7. The van der Waals surface area contributed by atoms with Gasteiger partial charge < -0.3 is 15.2 Å². The first-order valence-electron chi connectivity index (χ1n) is 4.96. The standard InChI is InChI=1S/C10H16N2O5S/c1-5-8(13)12-10(6(2)3)18(15,16)17-7(4)9(11)14/h5-6,10H,1,4H2,2-3H3,(H2,11,14)(H,12,13). The van der Waals surface area contributed by atoms with Crippen LogP contribution in [0.4, 0.5) is 0 Å². The molecule has 3 N–H and O–H groups in total. The van der Waals surface area contributed by atoms with E-state index in [2.05, 4.69) is 22.7 Å². The molecule has 0 aliphatic heterocycles. The van der Waals surface area contributed by atoms with E-state index < -0.39 is 39.0 Å². The molecule has 2 amide bonds. The molecule has 1 atom stereocenters. The summed E-state index contributed by atoms with van der Waals surface area (Å²) in [6.45, 7) is 9.39. The average Bonchev–Trinajstić information content (AvgIpc) is 2.23. The highest BCUT2D eigenvalue weighted by Crippen LogP contribution is 2.14. The number of nitrogens with two attached hydrogens (primary N) is 1. The predicted octanol–water partition coefficient (Wildman–Crippen LogP) is -0.384. The fourth-order valence-electron chi connectivity index (χ4n) is 1.00. The molecule has 0 aromatic heterocycles. The van der Waals surface area contributed by atoms with Gasteiger partial charge in [0, 0.05) is 0 Å². The minimum Gasteiger partial charge on any atom is -0.376 e. The first-order chi connectivity index (χ1) is 8.11. The van der Waals surface area contributed by atoms with E-state index in [-0.39, 0.29) is 0 Å². The molecule has 0 heterocycles. The molecule has 18 heavy (non-hydrogen) atoms. The third-order valence-corrected chi connectivity index (χ3v) is 3.60. The molecule has 0 spiro atoms. The summed E-state index contributed by atoms with van der Waals surface area (Å²) in [5, 5.41) is 0.853. The molecular formula is C10H16N2O5S. The molecule has 0 aliphatic carbocycles. The van der Waals surface area contributed by atoms with Gasteiger partial charge in [-0.15, -0.1) is 0 Å². The van der Waals surface area contributed by atoms with Crippen LogP contribution >= 0.6 is 0 Å². The second kappa shape index (κ2) is 6.20. The van der Waals surface area contributed by atoms with Crippen LogP contribution in [-0.4, -0.2) is 25.6 Å².